The summed E-state index contributed by atoms with van der Waals surface area (Å²) in [5.74, 6) is 1.65. The Kier molecular flexibility index (Phi) is 3.46. The lowest BCUT2D eigenvalue weighted by Crippen LogP contribution is -2.29. The van der Waals surface area contributed by atoms with Crippen LogP contribution in [0.25, 0.3) is 0 Å². The van der Waals surface area contributed by atoms with Crippen molar-refractivity contribution in [1.82, 2.24) is 14.9 Å². The van der Waals surface area contributed by atoms with E-state index in [0.717, 1.165) is 31.8 Å². The SMILES string of the molecule is c1coc(CCn2cncc2C2CCCNC2)c1. The molecule has 2 aromatic rings. The molecule has 4 heteroatoms. The van der Waals surface area contributed by atoms with Crippen molar-refractivity contribution in [1.29, 1.82) is 0 Å². The Labute approximate surface area is 107 Å². The van der Waals surface area contributed by atoms with Crippen LogP contribution in [0.2, 0.25) is 0 Å². The van der Waals surface area contributed by atoms with Crippen molar-refractivity contribution in [2.45, 2.75) is 31.7 Å². The van der Waals surface area contributed by atoms with Crippen molar-refractivity contribution >= 4 is 0 Å². The molecule has 2 aromatic heterocycles. The normalized spacial score (nSPS) is 20.1. The van der Waals surface area contributed by atoms with Crippen LogP contribution >= 0.6 is 0 Å². The van der Waals surface area contributed by atoms with E-state index in [0.29, 0.717) is 5.92 Å². The lowest BCUT2D eigenvalue weighted by Gasteiger charge is -2.23. The van der Waals surface area contributed by atoms with Gasteiger partial charge in [0.25, 0.3) is 0 Å². The molecule has 1 saturated heterocycles. The van der Waals surface area contributed by atoms with E-state index in [-0.39, 0.29) is 0 Å². The van der Waals surface area contributed by atoms with Crippen LogP contribution in [-0.4, -0.2) is 22.6 Å². The average molecular weight is 245 g/mol. The summed E-state index contributed by atoms with van der Waals surface area (Å²) in [6.07, 6.45) is 9.13. The number of aryl methyl sites for hydroxylation is 2. The van der Waals surface area contributed by atoms with Crippen LogP contribution in [-0.2, 0) is 13.0 Å². The Morgan fingerprint density at radius 1 is 1.50 bits per heavy atom. The number of furan rings is 1. The lowest BCUT2D eigenvalue weighted by atomic mass is 9.96. The van der Waals surface area contributed by atoms with Gasteiger partial charge in [0.1, 0.15) is 5.76 Å². The number of nitrogens with zero attached hydrogens (tertiary/aromatic N) is 2. The van der Waals surface area contributed by atoms with Crippen molar-refractivity contribution in [2.24, 2.45) is 0 Å². The maximum Gasteiger partial charge on any atom is 0.105 e. The van der Waals surface area contributed by atoms with E-state index < -0.39 is 0 Å². The standard InChI is InChI=1S/C14H19N3O/c1-3-12(9-15-6-1)14-10-16-11-17(14)7-5-13-4-2-8-18-13/h2,4,8,10-12,15H,1,3,5-7,9H2. The minimum absolute atomic E-state index is 0.609. The van der Waals surface area contributed by atoms with Gasteiger partial charge in [0.05, 0.1) is 12.6 Å². The van der Waals surface area contributed by atoms with Crippen LogP contribution in [0, 0.1) is 0 Å². The fourth-order valence-corrected chi connectivity index (χ4v) is 2.65. The molecule has 1 aliphatic heterocycles. The van der Waals surface area contributed by atoms with Gasteiger partial charge in [-0.3, -0.25) is 0 Å². The van der Waals surface area contributed by atoms with Crippen molar-refractivity contribution in [2.75, 3.05) is 13.1 Å². The molecule has 3 rings (SSSR count). The fraction of sp³-hybridized carbons (Fsp3) is 0.500. The molecule has 0 aromatic carbocycles. The van der Waals surface area contributed by atoms with E-state index in [4.69, 9.17) is 4.42 Å². The Morgan fingerprint density at radius 3 is 3.28 bits per heavy atom. The van der Waals surface area contributed by atoms with E-state index in [1.54, 1.807) is 6.26 Å². The first-order chi connectivity index (χ1) is 8.93. The average Bonchev–Trinajstić information content (AvgIpc) is 3.09. The summed E-state index contributed by atoms with van der Waals surface area (Å²) in [6, 6.07) is 3.97. The summed E-state index contributed by atoms with van der Waals surface area (Å²) in [5, 5.41) is 3.46. The van der Waals surface area contributed by atoms with Crippen molar-refractivity contribution < 1.29 is 4.42 Å². The van der Waals surface area contributed by atoms with Gasteiger partial charge >= 0.3 is 0 Å². The monoisotopic (exact) mass is 245 g/mol. The molecule has 0 radical (unpaired) electrons. The number of hydrogen-bond donors (Lipinski definition) is 1. The van der Waals surface area contributed by atoms with Gasteiger partial charge in [-0.25, -0.2) is 4.98 Å². The van der Waals surface area contributed by atoms with Gasteiger partial charge in [0, 0.05) is 37.3 Å². The predicted molar refractivity (Wildman–Crippen MR) is 69.5 cm³/mol. The summed E-state index contributed by atoms with van der Waals surface area (Å²) in [4.78, 5) is 4.30. The highest BCUT2D eigenvalue weighted by molar-refractivity contribution is 5.09. The zero-order chi connectivity index (χ0) is 12.2. The lowest BCUT2D eigenvalue weighted by molar-refractivity contribution is 0.434. The number of piperidine rings is 1. The smallest absolute Gasteiger partial charge is 0.105 e. The highest BCUT2D eigenvalue weighted by Gasteiger charge is 2.18. The molecule has 1 atom stereocenters. The third kappa shape index (κ3) is 2.48. The van der Waals surface area contributed by atoms with Crippen LogP contribution in [0.15, 0.2) is 35.3 Å². The van der Waals surface area contributed by atoms with E-state index >= 15 is 0 Å². The van der Waals surface area contributed by atoms with Gasteiger partial charge in [-0.1, -0.05) is 0 Å². The molecule has 1 unspecified atom stereocenters. The quantitative estimate of drug-likeness (QED) is 0.898. The van der Waals surface area contributed by atoms with E-state index in [2.05, 4.69) is 14.9 Å². The first kappa shape index (κ1) is 11.5. The molecule has 1 fully saturated rings. The molecule has 96 valence electrons. The molecule has 3 heterocycles. The van der Waals surface area contributed by atoms with Gasteiger partial charge in [0.15, 0.2) is 0 Å². The van der Waals surface area contributed by atoms with Crippen LogP contribution in [0.5, 0.6) is 0 Å². The van der Waals surface area contributed by atoms with Gasteiger partial charge in [0.2, 0.25) is 0 Å². The largest absolute Gasteiger partial charge is 0.469 e. The van der Waals surface area contributed by atoms with Crippen molar-refractivity contribution in [3.05, 3.63) is 42.4 Å². The second-order valence-corrected chi connectivity index (χ2v) is 4.88. The molecule has 1 aliphatic rings. The minimum atomic E-state index is 0.609. The number of imidazole rings is 1. The van der Waals surface area contributed by atoms with E-state index in [1.807, 2.05) is 24.7 Å². The molecule has 0 spiro atoms. The number of nitrogens with one attached hydrogen (secondary N) is 1. The van der Waals surface area contributed by atoms with E-state index in [9.17, 15) is 0 Å². The molecule has 18 heavy (non-hydrogen) atoms. The zero-order valence-corrected chi connectivity index (χ0v) is 10.5. The second kappa shape index (κ2) is 5.40. The molecule has 0 amide bonds. The van der Waals surface area contributed by atoms with Crippen molar-refractivity contribution in [3.8, 4) is 0 Å². The van der Waals surface area contributed by atoms with Gasteiger partial charge in [-0.2, -0.15) is 0 Å². The van der Waals surface area contributed by atoms with Crippen LogP contribution in [0.4, 0.5) is 0 Å². The van der Waals surface area contributed by atoms with Crippen LogP contribution < -0.4 is 5.32 Å². The highest BCUT2D eigenvalue weighted by atomic mass is 16.3. The minimum Gasteiger partial charge on any atom is -0.469 e. The number of hydrogen-bond acceptors (Lipinski definition) is 3. The molecule has 1 N–H and O–H groups in total. The first-order valence-electron chi connectivity index (χ1n) is 6.66. The van der Waals surface area contributed by atoms with Crippen molar-refractivity contribution in [3.63, 3.8) is 0 Å². The molecule has 4 nitrogen and oxygen atoms in total. The first-order valence-corrected chi connectivity index (χ1v) is 6.66. The van der Waals surface area contributed by atoms with Crippen LogP contribution in [0.3, 0.4) is 0 Å². The second-order valence-electron chi connectivity index (χ2n) is 4.88. The molecular formula is C14H19N3O. The maximum absolute atomic E-state index is 5.37. The van der Waals surface area contributed by atoms with Gasteiger partial charge in [-0.05, 0) is 31.5 Å². The summed E-state index contributed by atoms with van der Waals surface area (Å²) in [6.45, 7) is 3.17. The number of rotatable bonds is 4. The van der Waals surface area contributed by atoms with Crippen LogP contribution in [0.1, 0.15) is 30.2 Å². The summed E-state index contributed by atoms with van der Waals surface area (Å²) < 4.78 is 7.64. The third-order valence-corrected chi connectivity index (χ3v) is 3.64. The Hall–Kier alpha value is -1.55. The summed E-state index contributed by atoms with van der Waals surface area (Å²) >= 11 is 0. The summed E-state index contributed by atoms with van der Waals surface area (Å²) in [5.41, 5.74) is 1.36. The van der Waals surface area contributed by atoms with Gasteiger partial charge in [-0.15, -0.1) is 0 Å². The zero-order valence-electron chi connectivity index (χ0n) is 10.5. The van der Waals surface area contributed by atoms with E-state index in [1.165, 1.54) is 18.5 Å². The predicted octanol–water partition coefficient (Wildman–Crippen LogP) is 2.19. The third-order valence-electron chi connectivity index (χ3n) is 3.64. The molecule has 0 aliphatic carbocycles. The molecular weight excluding hydrogens is 226 g/mol. The Balaban J connectivity index is 1.67. The number of aromatic nitrogens is 2. The van der Waals surface area contributed by atoms with Gasteiger partial charge < -0.3 is 14.3 Å². The highest BCUT2D eigenvalue weighted by Crippen LogP contribution is 2.23. The molecule has 0 saturated carbocycles. The fourth-order valence-electron chi connectivity index (χ4n) is 2.65. The Morgan fingerprint density at radius 2 is 2.50 bits per heavy atom. The Bertz CT molecular complexity index is 469. The summed E-state index contributed by atoms with van der Waals surface area (Å²) in [7, 11) is 0. The topological polar surface area (TPSA) is 43.0 Å². The maximum atomic E-state index is 5.37. The molecule has 0 bridgehead atoms.